The smallest absolute Gasteiger partial charge is 0.343 e. The normalized spacial score (nSPS) is 10.4. The van der Waals surface area contributed by atoms with Crippen molar-refractivity contribution in [2.24, 2.45) is 0 Å². The molecule has 0 aliphatic rings. The number of aromatic nitrogens is 1. The van der Waals surface area contributed by atoms with Crippen LogP contribution in [0.25, 0.3) is 0 Å². The molecule has 0 aliphatic heterocycles. The highest BCUT2D eigenvalue weighted by Gasteiger charge is 2.25. The summed E-state index contributed by atoms with van der Waals surface area (Å²) in [4.78, 5) is 13.9. The number of aromatic carboxylic acids is 1. The Hall–Kier alpha value is -1.92. The highest BCUT2D eigenvalue weighted by molar-refractivity contribution is 5.94. The van der Waals surface area contributed by atoms with E-state index < -0.39 is 35.2 Å². The average molecular weight is 219 g/mol. The van der Waals surface area contributed by atoms with E-state index in [2.05, 4.69) is 9.72 Å². The minimum atomic E-state index is -2.97. The molecule has 0 aliphatic carbocycles. The highest BCUT2D eigenvalue weighted by Crippen LogP contribution is 2.34. The van der Waals surface area contributed by atoms with Gasteiger partial charge in [0.2, 0.25) is 0 Å². The van der Waals surface area contributed by atoms with Gasteiger partial charge < -0.3 is 14.9 Å². The van der Waals surface area contributed by atoms with Gasteiger partial charge in [-0.1, -0.05) is 0 Å². The Labute approximate surface area is 82.9 Å². The number of nitrogens with zero attached hydrogens (tertiary/aromatic N) is 1. The van der Waals surface area contributed by atoms with Crippen LogP contribution in [-0.4, -0.2) is 28.3 Å². The number of rotatable bonds is 3. The Morgan fingerprint density at radius 2 is 2.20 bits per heavy atom. The number of carboxylic acids is 1. The van der Waals surface area contributed by atoms with Crippen molar-refractivity contribution in [3.05, 3.63) is 17.5 Å². The Morgan fingerprint density at radius 1 is 1.60 bits per heavy atom. The molecule has 0 atom stereocenters. The zero-order valence-electron chi connectivity index (χ0n) is 7.57. The van der Waals surface area contributed by atoms with Crippen LogP contribution in [-0.2, 0) is 0 Å². The van der Waals surface area contributed by atoms with E-state index in [1.165, 1.54) is 0 Å². The topological polar surface area (TPSA) is 79.7 Å². The summed E-state index contributed by atoms with van der Waals surface area (Å²) >= 11 is 0. The fourth-order valence-corrected chi connectivity index (χ4v) is 1.07. The van der Waals surface area contributed by atoms with E-state index in [1.807, 2.05) is 0 Å². The fourth-order valence-electron chi connectivity index (χ4n) is 1.07. The van der Waals surface area contributed by atoms with Crippen molar-refractivity contribution in [1.29, 1.82) is 0 Å². The first-order chi connectivity index (χ1) is 6.99. The monoisotopic (exact) mass is 219 g/mol. The van der Waals surface area contributed by atoms with Crippen LogP contribution in [0.2, 0.25) is 0 Å². The highest BCUT2D eigenvalue weighted by atomic mass is 19.3. The van der Waals surface area contributed by atoms with Gasteiger partial charge in [0.05, 0.1) is 13.3 Å². The van der Waals surface area contributed by atoms with Crippen LogP contribution in [0.5, 0.6) is 11.5 Å². The SMILES string of the molecule is COc1c(C(F)F)ncc(O)c1C(=O)O. The van der Waals surface area contributed by atoms with Crippen molar-refractivity contribution in [3.8, 4) is 11.5 Å². The van der Waals surface area contributed by atoms with Gasteiger partial charge in [-0.25, -0.2) is 18.6 Å². The second-order valence-electron chi connectivity index (χ2n) is 2.54. The van der Waals surface area contributed by atoms with Crippen LogP contribution >= 0.6 is 0 Å². The van der Waals surface area contributed by atoms with Gasteiger partial charge >= 0.3 is 5.97 Å². The van der Waals surface area contributed by atoms with E-state index in [-0.39, 0.29) is 0 Å². The average Bonchev–Trinajstić information content (AvgIpc) is 2.15. The van der Waals surface area contributed by atoms with Crippen molar-refractivity contribution >= 4 is 5.97 Å². The van der Waals surface area contributed by atoms with E-state index in [1.54, 1.807) is 0 Å². The third-order valence-corrected chi connectivity index (χ3v) is 1.67. The van der Waals surface area contributed by atoms with E-state index in [9.17, 15) is 13.6 Å². The Morgan fingerprint density at radius 3 is 2.60 bits per heavy atom. The third kappa shape index (κ3) is 1.95. The lowest BCUT2D eigenvalue weighted by atomic mass is 10.2. The summed E-state index contributed by atoms with van der Waals surface area (Å²) in [7, 11) is 1.02. The molecule has 82 valence electrons. The van der Waals surface area contributed by atoms with Crippen LogP contribution in [0.1, 0.15) is 22.5 Å². The first kappa shape index (κ1) is 11.2. The molecule has 0 spiro atoms. The summed E-state index contributed by atoms with van der Waals surface area (Å²) in [6.45, 7) is 0. The van der Waals surface area contributed by atoms with Crippen LogP contribution < -0.4 is 4.74 Å². The summed E-state index contributed by atoms with van der Waals surface area (Å²) in [5.41, 5.74) is -1.53. The standard InChI is InChI=1S/C8H7F2NO4/c1-15-6-4(8(13)14)3(12)2-11-5(6)7(9)10/h2,7,12H,1H3,(H,13,14). The number of carboxylic acid groups (broad SMARTS) is 1. The maximum atomic E-state index is 12.4. The number of carbonyl (C=O) groups is 1. The zero-order chi connectivity index (χ0) is 11.6. The molecule has 0 saturated carbocycles. The Kier molecular flexibility index (Phi) is 3.03. The molecule has 0 aromatic carbocycles. The van der Waals surface area contributed by atoms with Crippen LogP contribution in [0.15, 0.2) is 6.20 Å². The minimum absolute atomic E-state index is 0.627. The first-order valence-electron chi connectivity index (χ1n) is 3.76. The number of halogens is 2. The number of hydrogen-bond acceptors (Lipinski definition) is 4. The maximum Gasteiger partial charge on any atom is 0.343 e. The van der Waals surface area contributed by atoms with Gasteiger partial charge in [0.1, 0.15) is 11.3 Å². The molecule has 0 saturated heterocycles. The lowest BCUT2D eigenvalue weighted by Gasteiger charge is -2.10. The number of ether oxygens (including phenoxy) is 1. The number of hydrogen-bond donors (Lipinski definition) is 2. The summed E-state index contributed by atoms with van der Waals surface area (Å²) in [5.74, 6) is -2.91. The lowest BCUT2D eigenvalue weighted by molar-refractivity contribution is 0.0688. The van der Waals surface area contributed by atoms with Gasteiger partial charge in [0.15, 0.2) is 11.5 Å². The zero-order valence-corrected chi connectivity index (χ0v) is 7.57. The molecule has 7 heteroatoms. The van der Waals surface area contributed by atoms with Crippen molar-refractivity contribution in [2.45, 2.75) is 6.43 Å². The predicted molar refractivity (Wildman–Crippen MR) is 44.4 cm³/mol. The molecule has 5 nitrogen and oxygen atoms in total. The Bertz CT molecular complexity index is 394. The summed E-state index contributed by atoms with van der Waals surface area (Å²) in [6, 6.07) is 0. The first-order valence-corrected chi connectivity index (χ1v) is 3.76. The van der Waals surface area contributed by atoms with Gasteiger partial charge in [-0.3, -0.25) is 0 Å². The van der Waals surface area contributed by atoms with Crippen molar-refractivity contribution in [3.63, 3.8) is 0 Å². The summed E-state index contributed by atoms with van der Waals surface area (Å²) < 4.78 is 29.2. The van der Waals surface area contributed by atoms with E-state index in [4.69, 9.17) is 10.2 Å². The molecule has 1 heterocycles. The molecule has 1 aromatic rings. The summed E-state index contributed by atoms with van der Waals surface area (Å²) in [5, 5.41) is 17.8. The molecule has 0 radical (unpaired) electrons. The van der Waals surface area contributed by atoms with Gasteiger partial charge in [-0.05, 0) is 0 Å². The number of aromatic hydroxyl groups is 1. The van der Waals surface area contributed by atoms with Crippen molar-refractivity contribution < 1.29 is 28.5 Å². The van der Waals surface area contributed by atoms with Crippen molar-refractivity contribution in [2.75, 3.05) is 7.11 Å². The molecule has 1 aromatic heterocycles. The molecule has 0 fully saturated rings. The van der Waals surface area contributed by atoms with Gasteiger partial charge in [-0.2, -0.15) is 0 Å². The molecule has 0 amide bonds. The second kappa shape index (κ2) is 4.07. The minimum Gasteiger partial charge on any atom is -0.505 e. The Balaban J connectivity index is 3.47. The predicted octanol–water partition coefficient (Wildman–Crippen LogP) is 1.43. The van der Waals surface area contributed by atoms with E-state index in [0.717, 1.165) is 7.11 Å². The molecular weight excluding hydrogens is 212 g/mol. The molecule has 1 rings (SSSR count). The molecule has 15 heavy (non-hydrogen) atoms. The molecule has 2 N–H and O–H groups in total. The number of alkyl halides is 2. The maximum absolute atomic E-state index is 12.4. The number of methoxy groups -OCH3 is 1. The third-order valence-electron chi connectivity index (χ3n) is 1.67. The molecule has 0 unspecified atom stereocenters. The second-order valence-corrected chi connectivity index (χ2v) is 2.54. The molecule has 0 bridgehead atoms. The largest absolute Gasteiger partial charge is 0.505 e. The van der Waals surface area contributed by atoms with Crippen LogP contribution in [0.3, 0.4) is 0 Å². The van der Waals surface area contributed by atoms with Gasteiger partial charge in [-0.15, -0.1) is 0 Å². The van der Waals surface area contributed by atoms with E-state index >= 15 is 0 Å². The van der Waals surface area contributed by atoms with Crippen LogP contribution in [0, 0.1) is 0 Å². The fraction of sp³-hybridized carbons (Fsp3) is 0.250. The van der Waals surface area contributed by atoms with Crippen LogP contribution in [0.4, 0.5) is 8.78 Å². The molecular formula is C8H7F2NO4. The van der Waals surface area contributed by atoms with Gasteiger partial charge in [0, 0.05) is 0 Å². The van der Waals surface area contributed by atoms with E-state index in [0.29, 0.717) is 6.20 Å². The lowest BCUT2D eigenvalue weighted by Crippen LogP contribution is -2.06. The quantitative estimate of drug-likeness (QED) is 0.803. The van der Waals surface area contributed by atoms with Gasteiger partial charge in [0.25, 0.3) is 6.43 Å². The number of pyridine rings is 1. The van der Waals surface area contributed by atoms with Crippen molar-refractivity contribution in [1.82, 2.24) is 4.98 Å². The summed E-state index contributed by atoms with van der Waals surface area (Å²) in [6.07, 6.45) is -2.33.